The van der Waals surface area contributed by atoms with Gasteiger partial charge in [0.15, 0.2) is 5.65 Å². The summed E-state index contributed by atoms with van der Waals surface area (Å²) in [7, 11) is 1.72. The number of hydrogen-bond donors (Lipinski definition) is 4. The Balaban J connectivity index is 1.86. The summed E-state index contributed by atoms with van der Waals surface area (Å²) in [5.41, 5.74) is 2.62. The number of amides is 1. The van der Waals surface area contributed by atoms with Crippen molar-refractivity contribution in [3.8, 4) is 17.1 Å². The second kappa shape index (κ2) is 9.72. The van der Waals surface area contributed by atoms with Gasteiger partial charge < -0.3 is 25.8 Å². The zero-order valence-electron chi connectivity index (χ0n) is 20.2. The van der Waals surface area contributed by atoms with Crippen LogP contribution < -0.4 is 15.4 Å². The number of carbonyl (C=O) groups is 1. The summed E-state index contributed by atoms with van der Waals surface area (Å²) >= 11 is 0. The number of fused-ring (bicyclic) bond motifs is 2. The second-order valence-electron chi connectivity index (χ2n) is 9.07. The quantitative estimate of drug-likeness (QED) is 0.274. The van der Waals surface area contributed by atoms with Crippen molar-refractivity contribution >= 4 is 34.2 Å². The molecule has 0 spiro atoms. The monoisotopic (exact) mass is 496 g/mol. The summed E-state index contributed by atoms with van der Waals surface area (Å²) in [5, 5.41) is 18.6. The predicted octanol–water partition coefficient (Wildman–Crippen LogP) is 3.86. The molecule has 0 aliphatic heterocycles. The molecule has 0 bridgehead atoms. The van der Waals surface area contributed by atoms with Gasteiger partial charge in [-0.3, -0.25) is 9.48 Å². The number of nitrogens with one attached hydrogen (secondary N) is 4. The molecule has 1 amide bonds. The summed E-state index contributed by atoms with van der Waals surface area (Å²) in [6, 6.07) is 4.51. The number of carbonyl (C=O) groups excluding carboxylic acids is 1. The molecule has 1 aromatic carbocycles. The number of ether oxygens (including phenoxy) is 1. The number of aromatic amines is 1. The van der Waals surface area contributed by atoms with Crippen molar-refractivity contribution in [2.75, 3.05) is 7.05 Å². The highest BCUT2D eigenvalue weighted by atomic mass is 19.3. The smallest absolute Gasteiger partial charge is 0.387 e. The Labute approximate surface area is 205 Å². The molecule has 0 aliphatic rings. The molecule has 0 fully saturated rings. The number of alkyl halides is 2. The van der Waals surface area contributed by atoms with E-state index in [0.29, 0.717) is 44.6 Å². The van der Waals surface area contributed by atoms with Crippen molar-refractivity contribution in [2.24, 2.45) is 0 Å². The maximum Gasteiger partial charge on any atom is 0.387 e. The zero-order chi connectivity index (χ0) is 26.0. The maximum absolute atomic E-state index is 12.9. The van der Waals surface area contributed by atoms with E-state index in [9.17, 15) is 13.6 Å². The third-order valence-corrected chi connectivity index (χ3v) is 5.15. The van der Waals surface area contributed by atoms with Crippen LogP contribution in [0.15, 0.2) is 42.4 Å². The fourth-order valence-electron chi connectivity index (χ4n) is 3.72. The second-order valence-corrected chi connectivity index (χ2v) is 9.07. The molecule has 4 rings (SSSR count). The Morgan fingerprint density at radius 3 is 2.78 bits per heavy atom. The fourth-order valence-corrected chi connectivity index (χ4v) is 3.72. The lowest BCUT2D eigenvalue weighted by molar-refractivity contribution is -0.0497. The molecule has 36 heavy (non-hydrogen) atoms. The van der Waals surface area contributed by atoms with E-state index < -0.39 is 12.2 Å². The fraction of sp³-hybridized carbons (Fsp3) is 0.292. The van der Waals surface area contributed by atoms with Gasteiger partial charge in [0.25, 0.3) is 5.91 Å². The third-order valence-electron chi connectivity index (χ3n) is 5.15. The first kappa shape index (κ1) is 24.8. The molecule has 12 heteroatoms. The summed E-state index contributed by atoms with van der Waals surface area (Å²) in [5.74, 6) is -0.340. The number of benzene rings is 1. The number of nitrogens with zero attached hydrogens (tertiary/aromatic N) is 4. The van der Waals surface area contributed by atoms with Crippen molar-refractivity contribution in [1.82, 2.24) is 35.4 Å². The minimum absolute atomic E-state index is 0.0303. The van der Waals surface area contributed by atoms with Crippen LogP contribution in [0.25, 0.3) is 33.5 Å². The molecule has 4 aromatic rings. The molecule has 188 valence electrons. The van der Waals surface area contributed by atoms with Gasteiger partial charge in [0.05, 0.1) is 23.8 Å². The van der Waals surface area contributed by atoms with Crippen LogP contribution in [0.4, 0.5) is 8.78 Å². The Kier molecular flexibility index (Phi) is 6.69. The Hall–Kier alpha value is -4.35. The standard InChI is InChI=1S/C24H26F2N8O2/c1-24(2,3)32-22(35)16-10-29-21-20(16)31-17(11-30-21)19-15-7-14(36-23(25)26)5-6-18(15)34(33-19)12-13(8-27)9-28-4/h5-11,23,27-28H,12H2,1-4H3,(H,29,30)(H,32,35)/b13-9+,27-8?. The Morgan fingerprint density at radius 1 is 1.33 bits per heavy atom. The van der Waals surface area contributed by atoms with Crippen LogP contribution in [0.3, 0.4) is 0 Å². The Morgan fingerprint density at radius 2 is 2.11 bits per heavy atom. The van der Waals surface area contributed by atoms with Crippen molar-refractivity contribution in [1.29, 1.82) is 5.41 Å². The SMILES string of the molecule is CN/C=C(\C=N)Cn1nc(-c2cnc3[nH]cc(C(=O)NC(C)(C)C)c3n2)c2cc(OC(F)F)ccc21. The van der Waals surface area contributed by atoms with Gasteiger partial charge >= 0.3 is 6.61 Å². The number of allylic oxidation sites excluding steroid dienone is 1. The average Bonchev–Trinajstić information content (AvgIpc) is 3.38. The first-order chi connectivity index (χ1) is 17.1. The number of halogens is 2. The minimum atomic E-state index is -2.98. The van der Waals surface area contributed by atoms with Gasteiger partial charge in [-0.2, -0.15) is 13.9 Å². The summed E-state index contributed by atoms with van der Waals surface area (Å²) in [6.07, 6.45) is 5.90. The van der Waals surface area contributed by atoms with E-state index in [1.165, 1.54) is 24.5 Å². The van der Waals surface area contributed by atoms with E-state index in [-0.39, 0.29) is 18.2 Å². The molecule has 0 aliphatic carbocycles. The van der Waals surface area contributed by atoms with E-state index >= 15 is 0 Å². The molecule has 10 nitrogen and oxygen atoms in total. The van der Waals surface area contributed by atoms with Crippen LogP contribution in [0, 0.1) is 5.41 Å². The van der Waals surface area contributed by atoms with E-state index in [4.69, 9.17) is 5.41 Å². The summed E-state index contributed by atoms with van der Waals surface area (Å²) < 4.78 is 32.0. The number of rotatable bonds is 8. The highest BCUT2D eigenvalue weighted by Gasteiger charge is 2.22. The van der Waals surface area contributed by atoms with Gasteiger partial charge in [-0.1, -0.05) is 0 Å². The van der Waals surface area contributed by atoms with Gasteiger partial charge in [-0.15, -0.1) is 0 Å². The molecular weight excluding hydrogens is 470 g/mol. The van der Waals surface area contributed by atoms with Crippen molar-refractivity contribution in [3.63, 3.8) is 0 Å². The van der Waals surface area contributed by atoms with Crippen LogP contribution in [0.2, 0.25) is 0 Å². The zero-order valence-corrected chi connectivity index (χ0v) is 20.2. The molecule has 4 N–H and O–H groups in total. The normalized spacial score (nSPS) is 12.4. The highest BCUT2D eigenvalue weighted by Crippen LogP contribution is 2.32. The lowest BCUT2D eigenvalue weighted by Crippen LogP contribution is -2.40. The topological polar surface area (TPSA) is 134 Å². The largest absolute Gasteiger partial charge is 0.435 e. The third kappa shape index (κ3) is 5.16. The van der Waals surface area contributed by atoms with Gasteiger partial charge in [-0.05, 0) is 39.0 Å². The van der Waals surface area contributed by atoms with Crippen molar-refractivity contribution < 1.29 is 18.3 Å². The Bertz CT molecular complexity index is 1470. The first-order valence-electron chi connectivity index (χ1n) is 11.1. The lowest BCUT2D eigenvalue weighted by atomic mass is 10.1. The predicted molar refractivity (Wildman–Crippen MR) is 132 cm³/mol. The van der Waals surface area contributed by atoms with E-state index in [2.05, 4.69) is 35.4 Å². The molecule has 0 unspecified atom stereocenters. The molecule has 0 radical (unpaired) electrons. The number of H-pyrrole nitrogens is 1. The van der Waals surface area contributed by atoms with Crippen molar-refractivity contribution in [3.05, 3.63) is 47.9 Å². The average molecular weight is 497 g/mol. The number of hydrogen-bond acceptors (Lipinski definition) is 7. The highest BCUT2D eigenvalue weighted by molar-refractivity contribution is 6.05. The molecule has 0 atom stereocenters. The summed E-state index contributed by atoms with van der Waals surface area (Å²) in [4.78, 5) is 24.8. The van der Waals surface area contributed by atoms with Crippen LogP contribution in [0.5, 0.6) is 5.75 Å². The van der Waals surface area contributed by atoms with Gasteiger partial charge in [0.2, 0.25) is 0 Å². The lowest BCUT2D eigenvalue weighted by Gasteiger charge is -2.19. The van der Waals surface area contributed by atoms with Crippen LogP contribution in [-0.4, -0.2) is 56.1 Å². The van der Waals surface area contributed by atoms with Gasteiger partial charge in [0.1, 0.15) is 22.7 Å². The van der Waals surface area contributed by atoms with Crippen molar-refractivity contribution in [2.45, 2.75) is 39.5 Å². The molecule has 0 saturated carbocycles. The van der Waals surface area contributed by atoms with Crippen LogP contribution in [-0.2, 0) is 6.54 Å². The minimum Gasteiger partial charge on any atom is -0.435 e. The maximum atomic E-state index is 12.9. The van der Waals surface area contributed by atoms with Crippen LogP contribution >= 0.6 is 0 Å². The molecular formula is C24H26F2N8O2. The summed E-state index contributed by atoms with van der Waals surface area (Å²) in [6.45, 7) is 2.89. The van der Waals surface area contributed by atoms with E-state index in [1.54, 1.807) is 30.2 Å². The van der Waals surface area contributed by atoms with Gasteiger partial charge in [-0.25, -0.2) is 9.97 Å². The van der Waals surface area contributed by atoms with E-state index in [1.807, 2.05) is 20.8 Å². The van der Waals surface area contributed by atoms with Crippen LogP contribution in [0.1, 0.15) is 31.1 Å². The molecule has 0 saturated heterocycles. The molecule has 3 heterocycles. The van der Waals surface area contributed by atoms with E-state index in [0.717, 1.165) is 0 Å². The molecule has 3 aromatic heterocycles. The van der Waals surface area contributed by atoms with Gasteiger partial charge in [0, 0.05) is 42.2 Å². The number of aromatic nitrogens is 5. The first-order valence-corrected chi connectivity index (χ1v) is 11.1.